The van der Waals surface area contributed by atoms with E-state index in [1.807, 2.05) is 38.1 Å². The number of amides is 1. The Kier molecular flexibility index (Phi) is 6.12. The number of methoxy groups -OCH3 is 1. The molecule has 0 spiro atoms. The number of nitrogens with one attached hydrogen (secondary N) is 1. The van der Waals surface area contributed by atoms with Crippen molar-refractivity contribution < 1.29 is 19.4 Å². The van der Waals surface area contributed by atoms with E-state index in [2.05, 4.69) is 16.5 Å². The number of hydrogen-bond acceptors (Lipinski definition) is 5. The first-order valence-electron chi connectivity index (χ1n) is 10.9. The Labute approximate surface area is 186 Å². The van der Waals surface area contributed by atoms with Crippen molar-refractivity contribution in [3.63, 3.8) is 0 Å². The van der Waals surface area contributed by atoms with Crippen LogP contribution in [-0.2, 0) is 6.42 Å². The van der Waals surface area contributed by atoms with Crippen molar-refractivity contribution in [1.82, 2.24) is 19.9 Å². The van der Waals surface area contributed by atoms with E-state index in [1.165, 1.54) is 0 Å². The Morgan fingerprint density at radius 1 is 1.22 bits per heavy atom. The Balaban J connectivity index is 0.000000265. The van der Waals surface area contributed by atoms with Crippen LogP contribution in [0.15, 0.2) is 30.3 Å². The molecule has 2 N–H and O–H groups in total. The first kappa shape index (κ1) is 21.8. The number of Topliss-reactive ketones (excluding diaryl/α,β-unsaturated/α-hetero) is 1. The largest absolute Gasteiger partial charge is 0.481 e. The zero-order valence-electron chi connectivity index (χ0n) is 18.6. The van der Waals surface area contributed by atoms with Crippen LogP contribution in [0.2, 0.25) is 0 Å². The van der Waals surface area contributed by atoms with Gasteiger partial charge in [0.15, 0.2) is 17.3 Å². The highest BCUT2D eigenvalue weighted by molar-refractivity contribution is 6.01. The minimum Gasteiger partial charge on any atom is -0.481 e. The molecule has 0 radical (unpaired) electrons. The number of carbonyl (C=O) groups excluding carboxylic acids is 1. The fraction of sp³-hybridized carbons (Fsp3) is 0.417. The number of ether oxygens (including phenoxy) is 1. The Bertz CT molecular complexity index is 1160. The lowest BCUT2D eigenvalue weighted by atomic mass is 10.0. The van der Waals surface area contributed by atoms with Gasteiger partial charge in [-0.1, -0.05) is 32.0 Å². The molecule has 2 aliphatic carbocycles. The summed E-state index contributed by atoms with van der Waals surface area (Å²) in [6.07, 6.45) is 2.83. The Hall–Kier alpha value is -3.42. The smallest absolute Gasteiger partial charge is 0.404 e. The monoisotopic (exact) mass is 436 g/mol. The first-order chi connectivity index (χ1) is 15.4. The van der Waals surface area contributed by atoms with Gasteiger partial charge in [0.1, 0.15) is 0 Å². The van der Waals surface area contributed by atoms with Gasteiger partial charge in [0.2, 0.25) is 5.88 Å². The van der Waals surface area contributed by atoms with Crippen LogP contribution in [0.25, 0.3) is 16.8 Å². The second kappa shape index (κ2) is 8.98. The molecule has 1 amide bonds. The summed E-state index contributed by atoms with van der Waals surface area (Å²) in [4.78, 5) is 26.4. The topological polar surface area (TPSA) is 106 Å². The van der Waals surface area contributed by atoms with Crippen molar-refractivity contribution in [2.45, 2.75) is 45.4 Å². The van der Waals surface area contributed by atoms with Crippen LogP contribution in [0.4, 0.5) is 4.79 Å². The third kappa shape index (κ3) is 4.59. The Morgan fingerprint density at radius 2 is 1.97 bits per heavy atom. The van der Waals surface area contributed by atoms with E-state index in [9.17, 15) is 9.59 Å². The van der Waals surface area contributed by atoms with Crippen LogP contribution >= 0.6 is 0 Å². The number of aryl methyl sites for hydroxylation is 1. The molecule has 2 heterocycles. The average Bonchev–Trinajstić information content (AvgIpc) is 3.43. The first-order valence-corrected chi connectivity index (χ1v) is 10.9. The van der Waals surface area contributed by atoms with Gasteiger partial charge in [-0.25, -0.2) is 9.78 Å². The average molecular weight is 437 g/mol. The number of rotatable bonds is 5. The highest BCUT2D eigenvalue weighted by Crippen LogP contribution is 2.39. The molecule has 0 aliphatic heterocycles. The third-order valence-electron chi connectivity index (χ3n) is 5.62. The van der Waals surface area contributed by atoms with Crippen LogP contribution in [0.1, 0.15) is 60.8 Å². The summed E-state index contributed by atoms with van der Waals surface area (Å²) in [6, 6.07) is 10.0. The number of hydrogen-bond donors (Lipinski definition) is 2. The number of carbonyl (C=O) groups is 2. The maximum Gasteiger partial charge on any atom is 0.404 e. The molecule has 0 bridgehead atoms. The van der Waals surface area contributed by atoms with Crippen molar-refractivity contribution in [1.29, 1.82) is 0 Å². The van der Waals surface area contributed by atoms with Crippen LogP contribution in [-0.4, -0.2) is 45.2 Å². The van der Waals surface area contributed by atoms with Gasteiger partial charge in [-0.3, -0.25) is 4.79 Å². The molecule has 0 saturated heterocycles. The van der Waals surface area contributed by atoms with Gasteiger partial charge < -0.3 is 15.2 Å². The minimum absolute atomic E-state index is 0.245. The van der Waals surface area contributed by atoms with Crippen LogP contribution in [0.3, 0.4) is 0 Å². The standard InChI is InChI=1S/C19H17N3O2.C5H11NO2/c1-24-17-9-7-15(19-20-18(11-2-3-11)21-22(17)19)13-4-6-14-12(10-13)5-8-16(14)23;1-4(2)3-6-5(7)8/h4,6-7,9-11H,2-3,5,8H2,1H3;4,6H,3H2,1-2H3,(H,7,8). The molecule has 1 saturated carbocycles. The molecule has 2 aromatic heterocycles. The number of pyridine rings is 1. The van der Waals surface area contributed by atoms with Gasteiger partial charge in [-0.05, 0) is 42.4 Å². The molecule has 168 valence electrons. The number of carboxylic acid groups (broad SMARTS) is 1. The second-order valence-corrected chi connectivity index (χ2v) is 8.64. The second-order valence-electron chi connectivity index (χ2n) is 8.64. The van der Waals surface area contributed by atoms with Gasteiger partial charge in [0.25, 0.3) is 0 Å². The lowest BCUT2D eigenvalue weighted by Crippen LogP contribution is -2.24. The molecule has 8 nitrogen and oxygen atoms in total. The molecule has 32 heavy (non-hydrogen) atoms. The van der Waals surface area contributed by atoms with E-state index < -0.39 is 6.09 Å². The maximum absolute atomic E-state index is 11.9. The van der Waals surface area contributed by atoms with Crippen LogP contribution in [0, 0.1) is 5.92 Å². The van der Waals surface area contributed by atoms with Crippen molar-refractivity contribution in [3.8, 4) is 17.0 Å². The minimum atomic E-state index is -0.946. The SMILES string of the molecule is CC(C)CNC(=O)O.COc1ccc(-c2ccc3c(c2)CCC3=O)c2nc(C3CC3)nn12. The summed E-state index contributed by atoms with van der Waals surface area (Å²) in [7, 11) is 1.65. The molecular formula is C24H28N4O4. The predicted octanol–water partition coefficient (Wildman–Crippen LogP) is 4.32. The summed E-state index contributed by atoms with van der Waals surface area (Å²) < 4.78 is 7.23. The third-order valence-corrected chi connectivity index (χ3v) is 5.62. The van der Waals surface area contributed by atoms with E-state index in [1.54, 1.807) is 11.6 Å². The fourth-order valence-electron chi connectivity index (χ4n) is 3.76. The van der Waals surface area contributed by atoms with Gasteiger partial charge in [-0.15, -0.1) is 5.10 Å². The summed E-state index contributed by atoms with van der Waals surface area (Å²) in [5.41, 5.74) is 4.92. The predicted molar refractivity (Wildman–Crippen MR) is 120 cm³/mol. The Morgan fingerprint density at radius 3 is 2.59 bits per heavy atom. The molecular weight excluding hydrogens is 408 g/mol. The molecule has 8 heteroatoms. The molecule has 5 rings (SSSR count). The number of ketones is 1. The lowest BCUT2D eigenvalue weighted by molar-refractivity contribution is 0.0994. The number of fused-ring (bicyclic) bond motifs is 2. The van der Waals surface area contributed by atoms with Gasteiger partial charge in [-0.2, -0.15) is 4.52 Å². The summed E-state index contributed by atoms with van der Waals surface area (Å²) in [6.45, 7) is 4.45. The van der Waals surface area contributed by atoms with E-state index in [0.717, 1.165) is 53.0 Å². The van der Waals surface area contributed by atoms with E-state index >= 15 is 0 Å². The summed E-state index contributed by atoms with van der Waals surface area (Å²) in [5, 5.41) is 15.0. The lowest BCUT2D eigenvalue weighted by Gasteiger charge is -2.08. The zero-order chi connectivity index (χ0) is 22.8. The molecule has 2 aliphatic rings. The highest BCUT2D eigenvalue weighted by Gasteiger charge is 2.29. The highest BCUT2D eigenvalue weighted by atomic mass is 16.5. The summed E-state index contributed by atoms with van der Waals surface area (Å²) in [5.74, 6) is 2.71. The van der Waals surface area contributed by atoms with Crippen LogP contribution < -0.4 is 10.1 Å². The fourth-order valence-corrected chi connectivity index (χ4v) is 3.76. The molecule has 1 fully saturated rings. The molecule has 0 atom stereocenters. The summed E-state index contributed by atoms with van der Waals surface area (Å²) >= 11 is 0. The van der Waals surface area contributed by atoms with E-state index in [0.29, 0.717) is 30.7 Å². The number of aromatic nitrogens is 3. The molecule has 0 unspecified atom stereocenters. The van der Waals surface area contributed by atoms with Crippen molar-refractivity contribution in [2.75, 3.05) is 13.7 Å². The quantitative estimate of drug-likeness (QED) is 0.617. The van der Waals surface area contributed by atoms with E-state index in [4.69, 9.17) is 14.8 Å². The van der Waals surface area contributed by atoms with Gasteiger partial charge >= 0.3 is 6.09 Å². The molecule has 3 aromatic rings. The molecule has 1 aromatic carbocycles. The van der Waals surface area contributed by atoms with Crippen molar-refractivity contribution >= 4 is 17.5 Å². The number of nitrogens with zero attached hydrogens (tertiary/aromatic N) is 3. The van der Waals surface area contributed by atoms with E-state index in [-0.39, 0.29) is 5.78 Å². The van der Waals surface area contributed by atoms with Gasteiger partial charge in [0.05, 0.1) is 7.11 Å². The normalized spacial score (nSPS) is 14.8. The van der Waals surface area contributed by atoms with Crippen molar-refractivity contribution in [3.05, 3.63) is 47.3 Å². The zero-order valence-corrected chi connectivity index (χ0v) is 18.6. The number of benzene rings is 1. The van der Waals surface area contributed by atoms with Crippen molar-refractivity contribution in [2.24, 2.45) is 5.92 Å². The maximum atomic E-state index is 11.9. The van der Waals surface area contributed by atoms with Crippen LogP contribution in [0.5, 0.6) is 5.88 Å². The van der Waals surface area contributed by atoms with Gasteiger partial charge in [0, 0.05) is 36.1 Å².